The number of sulfonamides is 1. The number of hydrogen-bond acceptors (Lipinski definition) is 5. The molecule has 1 aromatic carbocycles. The zero-order chi connectivity index (χ0) is 19.4. The molecule has 1 N–H and O–H groups in total. The van der Waals surface area contributed by atoms with Gasteiger partial charge in [0.2, 0.25) is 15.9 Å². The van der Waals surface area contributed by atoms with Gasteiger partial charge in [-0.15, -0.1) is 0 Å². The van der Waals surface area contributed by atoms with Crippen molar-refractivity contribution >= 4 is 15.9 Å². The molecule has 1 saturated carbocycles. The number of benzene rings is 1. The molecule has 1 heterocycles. The van der Waals surface area contributed by atoms with E-state index in [2.05, 4.69) is 5.32 Å². The second-order valence-corrected chi connectivity index (χ2v) is 9.02. The largest absolute Gasteiger partial charge is 0.493 e. The number of nitrogens with zero attached hydrogens (tertiary/aromatic N) is 1. The van der Waals surface area contributed by atoms with E-state index < -0.39 is 16.1 Å². The Morgan fingerprint density at radius 1 is 1.04 bits per heavy atom. The van der Waals surface area contributed by atoms with Crippen LogP contribution in [0.3, 0.4) is 0 Å². The molecule has 0 radical (unpaired) electrons. The monoisotopic (exact) mass is 396 g/mol. The SMILES string of the molecule is COc1ccc(S(=O)(=O)N2CCC[C@@H]2C(=O)NC2CCCCC2)cc1OC. The van der Waals surface area contributed by atoms with E-state index in [4.69, 9.17) is 9.47 Å². The first-order chi connectivity index (χ1) is 13.0. The van der Waals surface area contributed by atoms with E-state index in [1.54, 1.807) is 6.07 Å². The second-order valence-electron chi connectivity index (χ2n) is 7.13. The van der Waals surface area contributed by atoms with Gasteiger partial charge in [0.1, 0.15) is 6.04 Å². The number of nitrogens with one attached hydrogen (secondary N) is 1. The third kappa shape index (κ3) is 4.21. The number of carbonyl (C=O) groups excluding carboxylic acids is 1. The van der Waals surface area contributed by atoms with Gasteiger partial charge in [0.05, 0.1) is 19.1 Å². The van der Waals surface area contributed by atoms with Crippen molar-refractivity contribution in [2.45, 2.75) is 61.9 Å². The van der Waals surface area contributed by atoms with Gasteiger partial charge in [-0.25, -0.2) is 8.42 Å². The number of ether oxygens (including phenoxy) is 2. The summed E-state index contributed by atoms with van der Waals surface area (Å²) in [5.41, 5.74) is 0. The highest BCUT2D eigenvalue weighted by Gasteiger charge is 2.40. The van der Waals surface area contributed by atoms with E-state index in [1.165, 1.54) is 37.1 Å². The molecular formula is C19H28N2O5S. The summed E-state index contributed by atoms with van der Waals surface area (Å²) in [5.74, 6) is 0.633. The normalized spacial score (nSPS) is 21.8. The average Bonchev–Trinajstić information content (AvgIpc) is 3.19. The van der Waals surface area contributed by atoms with Crippen LogP contribution >= 0.6 is 0 Å². The van der Waals surface area contributed by atoms with Crippen LogP contribution in [0.2, 0.25) is 0 Å². The molecule has 1 aromatic rings. The van der Waals surface area contributed by atoms with Crippen molar-refractivity contribution < 1.29 is 22.7 Å². The first kappa shape index (κ1) is 19.9. The van der Waals surface area contributed by atoms with Crippen molar-refractivity contribution in [2.24, 2.45) is 0 Å². The molecule has 1 aliphatic carbocycles. The lowest BCUT2D eigenvalue weighted by Gasteiger charge is -2.28. The fourth-order valence-corrected chi connectivity index (χ4v) is 5.62. The van der Waals surface area contributed by atoms with E-state index >= 15 is 0 Å². The van der Waals surface area contributed by atoms with E-state index in [1.807, 2.05) is 0 Å². The summed E-state index contributed by atoms with van der Waals surface area (Å²) in [6, 6.07) is 4.02. The molecule has 0 unspecified atom stereocenters. The van der Waals surface area contributed by atoms with Crippen molar-refractivity contribution in [2.75, 3.05) is 20.8 Å². The van der Waals surface area contributed by atoms with Gasteiger partial charge >= 0.3 is 0 Å². The van der Waals surface area contributed by atoms with Crippen molar-refractivity contribution in [1.82, 2.24) is 9.62 Å². The Kier molecular flexibility index (Phi) is 6.26. The minimum Gasteiger partial charge on any atom is -0.493 e. The van der Waals surface area contributed by atoms with Crippen LogP contribution in [0.15, 0.2) is 23.1 Å². The molecule has 8 heteroatoms. The molecule has 27 heavy (non-hydrogen) atoms. The fourth-order valence-electron chi connectivity index (χ4n) is 3.95. The second kappa shape index (κ2) is 8.48. The Hall–Kier alpha value is -1.80. The molecule has 1 aliphatic heterocycles. The van der Waals surface area contributed by atoms with Crippen LogP contribution in [0.1, 0.15) is 44.9 Å². The third-order valence-corrected chi connectivity index (χ3v) is 7.32. The van der Waals surface area contributed by atoms with Crippen LogP contribution in [0.25, 0.3) is 0 Å². The molecule has 1 amide bonds. The minimum atomic E-state index is -3.79. The quantitative estimate of drug-likeness (QED) is 0.798. The molecule has 2 fully saturated rings. The number of carbonyl (C=O) groups is 1. The van der Waals surface area contributed by atoms with E-state index in [-0.39, 0.29) is 16.8 Å². The zero-order valence-electron chi connectivity index (χ0n) is 15.9. The smallest absolute Gasteiger partial charge is 0.243 e. The summed E-state index contributed by atoms with van der Waals surface area (Å²) < 4.78 is 38.0. The molecule has 0 spiro atoms. The summed E-state index contributed by atoms with van der Waals surface area (Å²) in [4.78, 5) is 12.9. The predicted octanol–water partition coefficient (Wildman–Crippen LogP) is 2.31. The highest BCUT2D eigenvalue weighted by molar-refractivity contribution is 7.89. The predicted molar refractivity (Wildman–Crippen MR) is 101 cm³/mol. The van der Waals surface area contributed by atoms with Crippen molar-refractivity contribution in [1.29, 1.82) is 0 Å². The highest BCUT2D eigenvalue weighted by atomic mass is 32.2. The van der Waals surface area contributed by atoms with Gasteiger partial charge < -0.3 is 14.8 Å². The average molecular weight is 397 g/mol. The van der Waals surface area contributed by atoms with Crippen LogP contribution in [0.5, 0.6) is 11.5 Å². The summed E-state index contributed by atoms with van der Waals surface area (Å²) in [6.45, 7) is 0.347. The summed E-state index contributed by atoms with van der Waals surface area (Å²) in [5, 5.41) is 3.07. The van der Waals surface area contributed by atoms with E-state index in [0.29, 0.717) is 30.9 Å². The molecule has 7 nitrogen and oxygen atoms in total. The number of hydrogen-bond donors (Lipinski definition) is 1. The first-order valence-corrected chi connectivity index (χ1v) is 11.0. The van der Waals surface area contributed by atoms with Crippen molar-refractivity contribution in [3.63, 3.8) is 0 Å². The van der Waals surface area contributed by atoms with Crippen molar-refractivity contribution in [3.8, 4) is 11.5 Å². The molecule has 0 bridgehead atoms. The Balaban J connectivity index is 1.79. The molecule has 1 atom stereocenters. The summed E-state index contributed by atoms with van der Waals surface area (Å²) in [6.07, 6.45) is 6.60. The topological polar surface area (TPSA) is 84.9 Å². The summed E-state index contributed by atoms with van der Waals surface area (Å²) >= 11 is 0. The molecule has 2 aliphatic rings. The Morgan fingerprint density at radius 3 is 2.41 bits per heavy atom. The lowest BCUT2D eigenvalue weighted by molar-refractivity contribution is -0.125. The molecule has 1 saturated heterocycles. The lowest BCUT2D eigenvalue weighted by atomic mass is 9.95. The van der Waals surface area contributed by atoms with Gasteiger partial charge in [-0.3, -0.25) is 4.79 Å². The molecule has 0 aromatic heterocycles. The van der Waals surface area contributed by atoms with Gasteiger partial charge in [-0.05, 0) is 37.8 Å². The van der Waals surface area contributed by atoms with Gasteiger partial charge in [0.25, 0.3) is 0 Å². The Bertz CT molecular complexity index is 774. The number of methoxy groups -OCH3 is 2. The maximum Gasteiger partial charge on any atom is 0.243 e. The van der Waals surface area contributed by atoms with Crippen LogP contribution in [-0.2, 0) is 14.8 Å². The van der Waals surface area contributed by atoms with Gasteiger partial charge in [-0.1, -0.05) is 19.3 Å². The highest BCUT2D eigenvalue weighted by Crippen LogP contribution is 2.33. The van der Waals surface area contributed by atoms with Crippen LogP contribution in [0.4, 0.5) is 0 Å². The van der Waals surface area contributed by atoms with E-state index in [9.17, 15) is 13.2 Å². The maximum atomic E-state index is 13.2. The van der Waals surface area contributed by atoms with Crippen LogP contribution in [-0.4, -0.2) is 51.5 Å². The summed E-state index contributed by atoms with van der Waals surface area (Å²) in [7, 11) is -0.833. The molecular weight excluding hydrogens is 368 g/mol. The number of rotatable bonds is 6. The third-order valence-electron chi connectivity index (χ3n) is 5.42. The van der Waals surface area contributed by atoms with E-state index in [0.717, 1.165) is 25.7 Å². The van der Waals surface area contributed by atoms with Crippen LogP contribution in [0, 0.1) is 0 Å². The minimum absolute atomic E-state index is 0.109. The van der Waals surface area contributed by atoms with Gasteiger partial charge in [0, 0.05) is 18.7 Å². The fraction of sp³-hybridized carbons (Fsp3) is 0.632. The molecule has 3 rings (SSSR count). The van der Waals surface area contributed by atoms with Crippen molar-refractivity contribution in [3.05, 3.63) is 18.2 Å². The van der Waals surface area contributed by atoms with Gasteiger partial charge in [0.15, 0.2) is 11.5 Å². The Labute approximate surface area is 161 Å². The van der Waals surface area contributed by atoms with Gasteiger partial charge in [-0.2, -0.15) is 4.31 Å². The maximum absolute atomic E-state index is 13.2. The van der Waals surface area contributed by atoms with Crippen LogP contribution < -0.4 is 14.8 Å². The first-order valence-electron chi connectivity index (χ1n) is 9.51. The number of amides is 1. The zero-order valence-corrected chi connectivity index (χ0v) is 16.8. The molecule has 150 valence electrons. The Morgan fingerprint density at radius 2 is 1.74 bits per heavy atom. The standard InChI is InChI=1S/C19H28N2O5S/c1-25-17-11-10-15(13-18(17)26-2)27(23,24)21-12-6-9-16(21)19(22)20-14-7-4-3-5-8-14/h10-11,13-14,16H,3-9,12H2,1-2H3,(H,20,22)/t16-/m1/s1. The lowest BCUT2D eigenvalue weighted by Crippen LogP contribution is -2.49.